The fourth-order valence-corrected chi connectivity index (χ4v) is 1.88. The van der Waals surface area contributed by atoms with Crippen LogP contribution in [0.4, 0.5) is 8.78 Å². The predicted octanol–water partition coefficient (Wildman–Crippen LogP) is 1.80. The van der Waals surface area contributed by atoms with Gasteiger partial charge in [0.05, 0.1) is 5.69 Å². The highest BCUT2D eigenvalue weighted by Crippen LogP contribution is 2.61. The molecule has 4 nitrogen and oxygen atoms in total. The van der Waals surface area contributed by atoms with Crippen LogP contribution in [-0.4, -0.2) is 27.0 Å². The molecule has 1 aliphatic rings. The average molecular weight is 249 g/mol. The zero-order valence-electron chi connectivity index (χ0n) is 8.17. The molecule has 0 aromatic carbocycles. The van der Waals surface area contributed by atoms with Crippen molar-refractivity contribution in [2.24, 2.45) is 0 Å². The van der Waals surface area contributed by atoms with Crippen molar-refractivity contribution in [3.8, 4) is 0 Å². The van der Waals surface area contributed by atoms with E-state index in [2.05, 4.69) is 9.97 Å². The van der Waals surface area contributed by atoms with Crippen molar-refractivity contribution in [3.05, 3.63) is 22.7 Å². The molecule has 0 aliphatic heterocycles. The molecule has 1 saturated carbocycles. The summed E-state index contributed by atoms with van der Waals surface area (Å²) in [6.45, 7) is 1.53. The van der Waals surface area contributed by atoms with E-state index in [4.69, 9.17) is 16.7 Å². The van der Waals surface area contributed by atoms with Gasteiger partial charge >= 0.3 is 5.97 Å². The zero-order chi connectivity index (χ0) is 12.1. The third-order valence-electron chi connectivity index (χ3n) is 2.62. The van der Waals surface area contributed by atoms with Crippen molar-refractivity contribution >= 4 is 17.6 Å². The van der Waals surface area contributed by atoms with E-state index in [9.17, 15) is 13.6 Å². The molecule has 1 aromatic heterocycles. The number of aliphatic carboxylic acids is 1. The van der Waals surface area contributed by atoms with Crippen molar-refractivity contribution in [2.45, 2.75) is 24.7 Å². The first kappa shape index (κ1) is 11.2. The molecule has 1 atom stereocenters. The molecule has 1 fully saturated rings. The number of hydrogen-bond acceptors (Lipinski definition) is 3. The molecule has 16 heavy (non-hydrogen) atoms. The summed E-state index contributed by atoms with van der Waals surface area (Å²) in [4.78, 5) is 18.2. The van der Waals surface area contributed by atoms with Crippen LogP contribution in [-0.2, 0) is 10.2 Å². The van der Waals surface area contributed by atoms with Crippen molar-refractivity contribution < 1.29 is 18.7 Å². The van der Waals surface area contributed by atoms with Gasteiger partial charge in [-0.15, -0.1) is 0 Å². The summed E-state index contributed by atoms with van der Waals surface area (Å²) in [6.07, 6.45) is -0.748. The third kappa shape index (κ3) is 1.36. The van der Waals surface area contributed by atoms with Gasteiger partial charge in [0.25, 0.3) is 5.92 Å². The number of hydrogen-bond donors (Lipinski definition) is 1. The molecule has 0 amide bonds. The van der Waals surface area contributed by atoms with E-state index in [0.29, 0.717) is 5.69 Å². The van der Waals surface area contributed by atoms with Crippen LogP contribution >= 0.6 is 11.6 Å². The lowest BCUT2D eigenvalue weighted by Gasteiger charge is -2.11. The monoisotopic (exact) mass is 248 g/mol. The van der Waals surface area contributed by atoms with Crippen LogP contribution in [0, 0.1) is 6.92 Å². The molecule has 0 bridgehead atoms. The maximum atomic E-state index is 13.2. The van der Waals surface area contributed by atoms with Crippen molar-refractivity contribution in [1.29, 1.82) is 0 Å². The molecule has 1 aliphatic carbocycles. The third-order valence-corrected chi connectivity index (χ3v) is 2.78. The molecular weight excluding hydrogens is 242 g/mol. The lowest BCUT2D eigenvalue weighted by Crippen LogP contribution is -2.28. The smallest absolute Gasteiger partial charge is 0.322 e. The Kier molecular flexibility index (Phi) is 2.17. The first-order valence-corrected chi connectivity index (χ1v) is 4.80. The number of alkyl halides is 2. The van der Waals surface area contributed by atoms with Crippen molar-refractivity contribution in [2.75, 3.05) is 0 Å². The summed E-state index contributed by atoms with van der Waals surface area (Å²) in [5, 5.41) is 8.67. The number of rotatable bonds is 2. The summed E-state index contributed by atoms with van der Waals surface area (Å²) in [6, 6.07) is 1.22. The molecule has 2 rings (SSSR count). The molecule has 0 saturated heterocycles. The normalized spacial score (nSPS) is 26.5. The molecule has 1 N–H and O–H groups in total. The van der Waals surface area contributed by atoms with Gasteiger partial charge in [-0.2, -0.15) is 0 Å². The van der Waals surface area contributed by atoms with Gasteiger partial charge < -0.3 is 5.11 Å². The minimum atomic E-state index is -3.27. The first-order valence-electron chi connectivity index (χ1n) is 4.42. The second kappa shape index (κ2) is 3.10. The SMILES string of the molecule is Cc1cc(C2(C(=O)O)CC2(F)F)nc(Cl)n1. The highest BCUT2D eigenvalue weighted by molar-refractivity contribution is 6.28. The number of aryl methyl sites for hydroxylation is 1. The van der Waals surface area contributed by atoms with E-state index in [1.165, 1.54) is 13.0 Å². The second-order valence-electron chi connectivity index (χ2n) is 3.76. The van der Waals surface area contributed by atoms with Crippen LogP contribution in [0.2, 0.25) is 5.28 Å². The first-order chi connectivity index (χ1) is 7.29. The van der Waals surface area contributed by atoms with Gasteiger partial charge in [0.1, 0.15) is 0 Å². The Morgan fingerprint density at radius 1 is 1.56 bits per heavy atom. The quantitative estimate of drug-likeness (QED) is 0.811. The number of carboxylic acids is 1. The van der Waals surface area contributed by atoms with Crippen molar-refractivity contribution in [3.63, 3.8) is 0 Å². The Labute approximate surface area is 94.3 Å². The largest absolute Gasteiger partial charge is 0.480 e. The summed E-state index contributed by atoms with van der Waals surface area (Å²) in [7, 11) is 0. The maximum absolute atomic E-state index is 13.2. The number of carbonyl (C=O) groups is 1. The number of aromatic nitrogens is 2. The van der Waals surface area contributed by atoms with Crippen LogP contribution in [0.5, 0.6) is 0 Å². The molecule has 0 radical (unpaired) electrons. The van der Waals surface area contributed by atoms with Gasteiger partial charge in [0.15, 0.2) is 5.41 Å². The van der Waals surface area contributed by atoms with Gasteiger partial charge in [-0.25, -0.2) is 18.7 Å². The maximum Gasteiger partial charge on any atom is 0.322 e. The van der Waals surface area contributed by atoms with E-state index < -0.39 is 23.7 Å². The lowest BCUT2D eigenvalue weighted by atomic mass is 10.0. The van der Waals surface area contributed by atoms with Gasteiger partial charge in [0.2, 0.25) is 5.28 Å². The van der Waals surface area contributed by atoms with Crippen LogP contribution < -0.4 is 0 Å². The van der Waals surface area contributed by atoms with Crippen LogP contribution in [0.1, 0.15) is 17.8 Å². The van der Waals surface area contributed by atoms with Crippen LogP contribution in [0.25, 0.3) is 0 Å². The standard InChI is InChI=1S/C9H7ClF2N2O2/c1-4-2-5(14-7(10)13-4)8(6(15)16)3-9(8,11)12/h2H,3H2,1H3,(H,15,16). The topological polar surface area (TPSA) is 63.1 Å². The summed E-state index contributed by atoms with van der Waals surface area (Å²) in [5.74, 6) is -4.87. The number of nitrogens with zero attached hydrogens (tertiary/aromatic N) is 2. The summed E-state index contributed by atoms with van der Waals surface area (Å²) in [5.41, 5.74) is -2.11. The number of carboxylic acid groups (broad SMARTS) is 1. The number of halogens is 3. The zero-order valence-corrected chi connectivity index (χ0v) is 8.92. The Balaban J connectivity index is 2.55. The van der Waals surface area contributed by atoms with Gasteiger partial charge in [0, 0.05) is 12.1 Å². The fourth-order valence-electron chi connectivity index (χ4n) is 1.66. The van der Waals surface area contributed by atoms with Gasteiger partial charge in [-0.1, -0.05) is 0 Å². The summed E-state index contributed by atoms with van der Waals surface area (Å²) >= 11 is 5.52. The molecule has 1 heterocycles. The highest BCUT2D eigenvalue weighted by atomic mass is 35.5. The highest BCUT2D eigenvalue weighted by Gasteiger charge is 2.78. The molecule has 86 valence electrons. The Bertz CT molecular complexity index is 460. The summed E-state index contributed by atoms with van der Waals surface area (Å²) < 4.78 is 26.3. The molecule has 7 heteroatoms. The Morgan fingerprint density at radius 2 is 2.12 bits per heavy atom. The molecule has 1 unspecified atom stereocenters. The van der Waals surface area contributed by atoms with Crippen LogP contribution in [0.3, 0.4) is 0 Å². The molecular formula is C9H7ClF2N2O2. The van der Waals surface area contributed by atoms with Crippen LogP contribution in [0.15, 0.2) is 6.07 Å². The van der Waals surface area contributed by atoms with Crippen molar-refractivity contribution in [1.82, 2.24) is 9.97 Å². The Hall–Kier alpha value is -1.30. The Morgan fingerprint density at radius 3 is 2.50 bits per heavy atom. The minimum absolute atomic E-state index is 0.224. The van der Waals surface area contributed by atoms with E-state index in [1.807, 2.05) is 0 Å². The fraction of sp³-hybridized carbons (Fsp3) is 0.444. The predicted molar refractivity (Wildman–Crippen MR) is 50.7 cm³/mol. The van der Waals surface area contributed by atoms with Gasteiger partial charge in [-0.05, 0) is 24.6 Å². The minimum Gasteiger partial charge on any atom is -0.480 e. The van der Waals surface area contributed by atoms with Gasteiger partial charge in [-0.3, -0.25) is 4.79 Å². The van der Waals surface area contributed by atoms with E-state index >= 15 is 0 Å². The molecule has 0 spiro atoms. The molecule has 1 aromatic rings. The second-order valence-corrected chi connectivity index (χ2v) is 4.09. The van der Waals surface area contributed by atoms with E-state index in [0.717, 1.165) is 0 Å². The average Bonchev–Trinajstić information content (AvgIpc) is 2.69. The van der Waals surface area contributed by atoms with E-state index in [1.54, 1.807) is 0 Å². The lowest BCUT2D eigenvalue weighted by molar-refractivity contribution is -0.143. The van der Waals surface area contributed by atoms with E-state index in [-0.39, 0.29) is 11.0 Å².